The van der Waals surface area contributed by atoms with E-state index in [1.54, 1.807) is 0 Å². The first-order valence-corrected chi connectivity index (χ1v) is 4.59. The molecule has 38 valence electrons. The quantitative estimate of drug-likeness (QED) is 0.324. The van der Waals surface area contributed by atoms with Gasteiger partial charge < -0.3 is 4.12 Å². The van der Waals surface area contributed by atoms with Crippen LogP contribution in [0.25, 0.3) is 0 Å². The summed E-state index contributed by atoms with van der Waals surface area (Å²) >= 11 is 0. The predicted molar refractivity (Wildman–Crippen MR) is 41.1 cm³/mol. The highest BCUT2D eigenvalue weighted by Crippen LogP contribution is 1.24. The molecule has 0 saturated heterocycles. The van der Waals surface area contributed by atoms with E-state index in [-0.39, 0.29) is 0 Å². The fourth-order valence-corrected chi connectivity index (χ4v) is 0. The maximum Gasteiger partial charge on any atom is 0.129 e. The summed E-state index contributed by atoms with van der Waals surface area (Å²) in [5.41, 5.74) is 1.89. The maximum absolute atomic E-state index is 4.53. The van der Waals surface area contributed by atoms with Crippen LogP contribution < -0.4 is 0 Å². The van der Waals surface area contributed by atoms with Crippen LogP contribution in [0.2, 0.25) is 0 Å². The minimum absolute atomic E-state index is 0.931. The Labute approximate surface area is 48.3 Å². The molecule has 0 unspecified atom stereocenters. The van der Waals surface area contributed by atoms with Gasteiger partial charge in [0.2, 0.25) is 0 Å². The topological polar surface area (TPSA) is 9.23 Å². The van der Waals surface area contributed by atoms with Crippen molar-refractivity contribution < 1.29 is 4.12 Å². The molecular formula is C2H12OSi3. The summed E-state index contributed by atoms with van der Waals surface area (Å²) in [7, 11) is 2.99. The van der Waals surface area contributed by atoms with Gasteiger partial charge >= 0.3 is 0 Å². The van der Waals surface area contributed by atoms with Gasteiger partial charge in [-0.05, 0) is 0 Å². The van der Waals surface area contributed by atoms with E-state index in [4.69, 9.17) is 0 Å². The third-order valence-electron chi connectivity index (χ3n) is 0. The summed E-state index contributed by atoms with van der Waals surface area (Å²) in [4.78, 5) is 0. The van der Waals surface area contributed by atoms with Crippen molar-refractivity contribution in [2.24, 2.45) is 0 Å². The van der Waals surface area contributed by atoms with Crippen molar-refractivity contribution in [2.75, 3.05) is 0 Å². The Morgan fingerprint density at radius 2 is 1.50 bits per heavy atom. The Balaban J connectivity index is 0. The zero-order valence-electron chi connectivity index (χ0n) is 4.69. The van der Waals surface area contributed by atoms with E-state index in [1.807, 2.05) is 5.70 Å². The molecule has 0 aliphatic heterocycles. The van der Waals surface area contributed by atoms with Crippen molar-refractivity contribution in [3.63, 3.8) is 0 Å². The molecule has 0 aromatic heterocycles. The molecule has 0 radical (unpaired) electrons. The van der Waals surface area contributed by atoms with E-state index < -0.39 is 0 Å². The van der Waals surface area contributed by atoms with Gasteiger partial charge in [-0.3, -0.25) is 0 Å². The first-order valence-electron chi connectivity index (χ1n) is 1.80. The van der Waals surface area contributed by atoms with E-state index in [0.29, 0.717) is 0 Å². The molecule has 0 N–H and O–H groups in total. The highest BCUT2D eigenvalue weighted by atomic mass is 28.3. The Kier molecular flexibility index (Phi) is 29.3. The van der Waals surface area contributed by atoms with Crippen LogP contribution in [0.1, 0.15) is 0 Å². The Bertz CT molecular complexity index is 22.8. The van der Waals surface area contributed by atoms with Gasteiger partial charge in [0, 0.05) is 10.2 Å². The minimum Gasteiger partial charge on any atom is -0.471 e. The summed E-state index contributed by atoms with van der Waals surface area (Å²) in [5, 5.41) is 0. The second-order valence-corrected chi connectivity index (χ2v) is 4.90. The average molecular weight is 136 g/mol. The van der Waals surface area contributed by atoms with Crippen molar-refractivity contribution in [1.82, 2.24) is 0 Å². The molecule has 4 heteroatoms. The van der Waals surface area contributed by atoms with E-state index in [9.17, 15) is 0 Å². The Morgan fingerprint density at radius 3 is 1.50 bits per heavy atom. The first kappa shape index (κ1) is 9.61. The lowest BCUT2D eigenvalue weighted by Gasteiger charge is -1.62. The molecule has 0 saturated carbocycles. The average Bonchev–Trinajstić information content (AvgIpc) is 1.39. The van der Waals surface area contributed by atoms with Crippen LogP contribution in [0.3, 0.4) is 0 Å². The summed E-state index contributed by atoms with van der Waals surface area (Å²) in [6, 6.07) is 0. The number of hydrogen-bond acceptors (Lipinski definition) is 1. The van der Waals surface area contributed by atoms with Crippen LogP contribution in [0.4, 0.5) is 0 Å². The standard InChI is InChI=1S/C2H6Si.H6OSi2/c1-2-3;2-1-3/h2H,1H2,3H3;2-3H3. The largest absolute Gasteiger partial charge is 0.471 e. The molecule has 0 heterocycles. The Hall–Kier alpha value is 0.351. The molecule has 0 aliphatic rings. The van der Waals surface area contributed by atoms with Crippen molar-refractivity contribution in [1.29, 1.82) is 0 Å². The molecule has 0 aromatic rings. The van der Waals surface area contributed by atoms with Gasteiger partial charge in [-0.1, -0.05) is 0 Å². The maximum atomic E-state index is 4.53. The second kappa shape index (κ2) is 18.3. The fourth-order valence-electron chi connectivity index (χ4n) is 0. The lowest BCUT2D eigenvalue weighted by atomic mass is 11.3. The summed E-state index contributed by atoms with van der Waals surface area (Å²) in [5.74, 6) is 0. The summed E-state index contributed by atoms with van der Waals surface area (Å²) < 4.78 is 4.53. The van der Waals surface area contributed by atoms with Gasteiger partial charge in [-0.25, -0.2) is 0 Å². The zero-order chi connectivity index (χ0) is 5.41. The molecule has 0 aromatic carbocycles. The lowest BCUT2D eigenvalue weighted by Crippen LogP contribution is -1.65. The third kappa shape index (κ3) is 397. The van der Waals surface area contributed by atoms with Crippen LogP contribution in [0.15, 0.2) is 12.3 Å². The SMILES string of the molecule is C=C[SiH3].[SiH3]O[SiH3]. The Morgan fingerprint density at radius 1 is 1.50 bits per heavy atom. The fraction of sp³-hybridized carbons (Fsp3) is 0. The lowest BCUT2D eigenvalue weighted by molar-refractivity contribution is 0.690. The molecule has 0 fully saturated rings. The molecule has 0 aliphatic carbocycles. The predicted octanol–water partition coefficient (Wildman–Crippen LogP) is -2.94. The smallest absolute Gasteiger partial charge is 0.129 e. The van der Waals surface area contributed by atoms with Crippen LogP contribution in [0.5, 0.6) is 0 Å². The molecule has 6 heavy (non-hydrogen) atoms. The van der Waals surface area contributed by atoms with E-state index in [1.165, 1.54) is 0 Å². The van der Waals surface area contributed by atoms with Gasteiger partial charge in [-0.15, -0.1) is 12.3 Å². The third-order valence-corrected chi connectivity index (χ3v) is 0. The van der Waals surface area contributed by atoms with Gasteiger partial charge in [0.1, 0.15) is 21.0 Å². The van der Waals surface area contributed by atoms with Gasteiger partial charge in [0.05, 0.1) is 0 Å². The zero-order valence-corrected chi connectivity index (χ0v) is 10.7. The molecule has 0 atom stereocenters. The van der Waals surface area contributed by atoms with Gasteiger partial charge in [0.25, 0.3) is 0 Å². The summed E-state index contributed by atoms with van der Waals surface area (Å²) in [6.07, 6.45) is 0. The van der Waals surface area contributed by atoms with Gasteiger partial charge in [0.15, 0.2) is 0 Å². The van der Waals surface area contributed by atoms with E-state index in [0.717, 1.165) is 31.2 Å². The van der Waals surface area contributed by atoms with Crippen LogP contribution in [-0.2, 0) is 4.12 Å². The van der Waals surface area contributed by atoms with Crippen LogP contribution in [0, 0.1) is 0 Å². The highest BCUT2D eigenvalue weighted by molar-refractivity contribution is 6.16. The molecule has 0 rings (SSSR count). The van der Waals surface area contributed by atoms with Crippen molar-refractivity contribution in [2.45, 2.75) is 0 Å². The molecule has 0 amide bonds. The van der Waals surface area contributed by atoms with E-state index >= 15 is 0 Å². The van der Waals surface area contributed by atoms with Crippen molar-refractivity contribution in [3.8, 4) is 0 Å². The molecule has 0 spiro atoms. The molecule has 0 bridgehead atoms. The monoisotopic (exact) mass is 136 g/mol. The normalized spacial score (nSPS) is 6.67. The van der Waals surface area contributed by atoms with Crippen LogP contribution >= 0.6 is 0 Å². The van der Waals surface area contributed by atoms with Crippen LogP contribution in [-0.4, -0.2) is 31.2 Å². The first-order chi connectivity index (χ1) is 2.83. The molecular weight excluding hydrogens is 124 g/mol. The molecule has 1 nitrogen and oxygen atoms in total. The minimum atomic E-state index is 0.931. The van der Waals surface area contributed by atoms with Gasteiger partial charge in [-0.2, -0.15) is 0 Å². The second-order valence-electron chi connectivity index (χ2n) is 0.816. The number of hydrogen-bond donors (Lipinski definition) is 0. The highest BCUT2D eigenvalue weighted by Gasteiger charge is 1.28. The van der Waals surface area contributed by atoms with Crippen molar-refractivity contribution in [3.05, 3.63) is 12.3 Å². The number of rotatable bonds is 0. The summed E-state index contributed by atoms with van der Waals surface area (Å²) in [6.45, 7) is 3.42. The van der Waals surface area contributed by atoms with E-state index in [2.05, 4.69) is 10.7 Å². The van der Waals surface area contributed by atoms with Crippen molar-refractivity contribution >= 4 is 31.2 Å².